The summed E-state index contributed by atoms with van der Waals surface area (Å²) in [4.78, 5) is 4.25. The van der Waals surface area contributed by atoms with Crippen LogP contribution in [0.15, 0.2) is 12.1 Å². The number of phenolic OH excluding ortho intramolecular Hbond substituents is 1. The lowest BCUT2D eigenvalue weighted by Gasteiger charge is -2.02. The maximum absolute atomic E-state index is 9.67. The van der Waals surface area contributed by atoms with E-state index in [9.17, 15) is 5.11 Å². The molecule has 0 spiro atoms. The minimum atomic E-state index is 0.156. The summed E-state index contributed by atoms with van der Waals surface area (Å²) in [5.41, 5.74) is 1.49. The molecule has 0 saturated carbocycles. The molecule has 0 aliphatic carbocycles. The zero-order chi connectivity index (χ0) is 10.3. The summed E-state index contributed by atoms with van der Waals surface area (Å²) >= 11 is 0. The van der Waals surface area contributed by atoms with Gasteiger partial charge in [0.25, 0.3) is 0 Å². The number of ether oxygens (including phenoxy) is 1. The van der Waals surface area contributed by atoms with Crippen LogP contribution < -0.4 is 4.74 Å². The Balaban J connectivity index is 2.83. The van der Waals surface area contributed by atoms with Gasteiger partial charge in [-0.2, -0.15) is 0 Å². The molecule has 0 aliphatic heterocycles. The molecule has 4 heteroatoms. The molecule has 0 aliphatic rings. The van der Waals surface area contributed by atoms with Gasteiger partial charge in [-0.25, -0.2) is 4.98 Å². The molecule has 74 valence electrons. The number of aryl methyl sites for hydroxylation is 2. The number of benzene rings is 1. The van der Waals surface area contributed by atoms with Crippen LogP contribution in [-0.2, 0) is 7.05 Å². The summed E-state index contributed by atoms with van der Waals surface area (Å²) in [7, 11) is 3.48. The van der Waals surface area contributed by atoms with Crippen molar-refractivity contribution in [1.29, 1.82) is 0 Å². The number of hydrogen-bond donors (Lipinski definition) is 1. The molecule has 1 N–H and O–H groups in total. The van der Waals surface area contributed by atoms with Gasteiger partial charge in [0.05, 0.1) is 12.6 Å². The first-order valence-corrected chi connectivity index (χ1v) is 4.33. The van der Waals surface area contributed by atoms with E-state index in [2.05, 4.69) is 4.98 Å². The minimum absolute atomic E-state index is 0.156. The molecule has 14 heavy (non-hydrogen) atoms. The first-order chi connectivity index (χ1) is 6.63. The molecule has 0 atom stereocenters. The second-order valence-corrected chi connectivity index (χ2v) is 3.23. The van der Waals surface area contributed by atoms with Crippen molar-refractivity contribution in [1.82, 2.24) is 9.55 Å². The Bertz CT molecular complexity index is 488. The van der Waals surface area contributed by atoms with Crippen LogP contribution in [0.3, 0.4) is 0 Å². The first kappa shape index (κ1) is 8.87. The lowest BCUT2D eigenvalue weighted by Crippen LogP contribution is -1.90. The van der Waals surface area contributed by atoms with Crippen molar-refractivity contribution in [3.8, 4) is 11.5 Å². The van der Waals surface area contributed by atoms with Crippen LogP contribution in [-0.4, -0.2) is 21.8 Å². The predicted molar refractivity (Wildman–Crippen MR) is 53.7 cm³/mol. The summed E-state index contributed by atoms with van der Waals surface area (Å²) in [6.45, 7) is 1.89. The highest BCUT2D eigenvalue weighted by molar-refractivity contribution is 5.83. The van der Waals surface area contributed by atoms with Gasteiger partial charge in [-0.1, -0.05) is 0 Å². The molecular formula is C10H12N2O2. The summed E-state index contributed by atoms with van der Waals surface area (Å²) in [6.07, 6.45) is 0. The zero-order valence-corrected chi connectivity index (χ0v) is 8.40. The summed E-state index contributed by atoms with van der Waals surface area (Å²) in [6, 6.07) is 3.42. The van der Waals surface area contributed by atoms with E-state index in [1.54, 1.807) is 13.2 Å². The fourth-order valence-electron chi connectivity index (χ4n) is 1.48. The van der Waals surface area contributed by atoms with E-state index in [-0.39, 0.29) is 5.75 Å². The van der Waals surface area contributed by atoms with Gasteiger partial charge in [0, 0.05) is 19.2 Å². The van der Waals surface area contributed by atoms with E-state index in [4.69, 9.17) is 4.74 Å². The molecule has 0 unspecified atom stereocenters. The molecular weight excluding hydrogens is 180 g/mol. The molecule has 0 amide bonds. The number of fused-ring (bicyclic) bond motifs is 1. The zero-order valence-electron chi connectivity index (χ0n) is 8.40. The SMILES string of the molecule is COc1cc(O)c2nc(C)n(C)c2c1. The monoisotopic (exact) mass is 192 g/mol. The fraction of sp³-hybridized carbons (Fsp3) is 0.300. The summed E-state index contributed by atoms with van der Waals surface area (Å²) in [5.74, 6) is 1.66. The smallest absolute Gasteiger partial charge is 0.147 e. The Labute approximate surface area is 81.8 Å². The Morgan fingerprint density at radius 2 is 2.14 bits per heavy atom. The van der Waals surface area contributed by atoms with Gasteiger partial charge in [-0.3, -0.25) is 0 Å². The number of aromatic nitrogens is 2. The third-order valence-corrected chi connectivity index (χ3v) is 2.40. The van der Waals surface area contributed by atoms with Crippen molar-refractivity contribution < 1.29 is 9.84 Å². The largest absolute Gasteiger partial charge is 0.505 e. The van der Waals surface area contributed by atoms with Gasteiger partial charge < -0.3 is 14.4 Å². The average molecular weight is 192 g/mol. The van der Waals surface area contributed by atoms with Gasteiger partial charge in [-0.05, 0) is 6.92 Å². The van der Waals surface area contributed by atoms with Crippen molar-refractivity contribution in [2.45, 2.75) is 6.92 Å². The number of phenols is 1. The topological polar surface area (TPSA) is 47.3 Å². The van der Waals surface area contributed by atoms with Gasteiger partial charge in [0.15, 0.2) is 0 Å². The maximum atomic E-state index is 9.67. The van der Waals surface area contributed by atoms with Gasteiger partial charge in [-0.15, -0.1) is 0 Å². The van der Waals surface area contributed by atoms with Gasteiger partial charge in [0.2, 0.25) is 0 Å². The quantitative estimate of drug-likeness (QED) is 0.746. The molecule has 1 aromatic carbocycles. The van der Waals surface area contributed by atoms with Crippen LogP contribution in [0.5, 0.6) is 11.5 Å². The van der Waals surface area contributed by atoms with Crippen LogP contribution in [0.25, 0.3) is 11.0 Å². The number of imidazole rings is 1. The van der Waals surface area contributed by atoms with E-state index >= 15 is 0 Å². The minimum Gasteiger partial charge on any atom is -0.505 e. The molecule has 0 saturated heterocycles. The summed E-state index contributed by atoms with van der Waals surface area (Å²) in [5, 5.41) is 9.67. The van der Waals surface area contributed by atoms with E-state index in [0.29, 0.717) is 11.3 Å². The summed E-state index contributed by atoms with van der Waals surface area (Å²) < 4.78 is 6.98. The van der Waals surface area contributed by atoms with E-state index in [1.165, 1.54) is 0 Å². The third kappa shape index (κ3) is 1.11. The lowest BCUT2D eigenvalue weighted by molar-refractivity contribution is 0.409. The Kier molecular flexibility index (Phi) is 1.84. The highest BCUT2D eigenvalue weighted by atomic mass is 16.5. The van der Waals surface area contributed by atoms with Crippen molar-refractivity contribution in [2.75, 3.05) is 7.11 Å². The van der Waals surface area contributed by atoms with Crippen molar-refractivity contribution in [2.24, 2.45) is 7.05 Å². The number of hydrogen-bond acceptors (Lipinski definition) is 3. The second kappa shape index (κ2) is 2.90. The molecule has 0 fully saturated rings. The predicted octanol–water partition coefficient (Wildman–Crippen LogP) is 1.60. The third-order valence-electron chi connectivity index (χ3n) is 2.40. The highest BCUT2D eigenvalue weighted by Crippen LogP contribution is 2.29. The molecule has 2 rings (SSSR count). The first-order valence-electron chi connectivity index (χ1n) is 4.33. The lowest BCUT2D eigenvalue weighted by atomic mass is 10.2. The van der Waals surface area contributed by atoms with Crippen LogP contribution in [0.1, 0.15) is 5.82 Å². The average Bonchev–Trinajstić information content (AvgIpc) is 2.45. The Morgan fingerprint density at radius 1 is 1.43 bits per heavy atom. The van der Waals surface area contributed by atoms with Crippen molar-refractivity contribution in [3.63, 3.8) is 0 Å². The van der Waals surface area contributed by atoms with Crippen LogP contribution in [0.4, 0.5) is 0 Å². The van der Waals surface area contributed by atoms with Gasteiger partial charge >= 0.3 is 0 Å². The number of aromatic hydroxyl groups is 1. The molecule has 0 bridgehead atoms. The van der Waals surface area contributed by atoms with Crippen LogP contribution in [0, 0.1) is 6.92 Å². The van der Waals surface area contributed by atoms with Crippen LogP contribution in [0.2, 0.25) is 0 Å². The second-order valence-electron chi connectivity index (χ2n) is 3.23. The standard InChI is InChI=1S/C10H12N2O2/c1-6-11-10-8(12(6)2)4-7(14-3)5-9(10)13/h4-5,13H,1-3H3. The normalized spacial score (nSPS) is 10.8. The molecule has 2 aromatic rings. The van der Waals surface area contributed by atoms with Crippen molar-refractivity contribution in [3.05, 3.63) is 18.0 Å². The number of nitrogens with zero attached hydrogens (tertiary/aromatic N) is 2. The molecule has 4 nitrogen and oxygen atoms in total. The Morgan fingerprint density at radius 3 is 2.79 bits per heavy atom. The maximum Gasteiger partial charge on any atom is 0.147 e. The number of rotatable bonds is 1. The number of methoxy groups -OCH3 is 1. The fourth-order valence-corrected chi connectivity index (χ4v) is 1.48. The van der Waals surface area contributed by atoms with Crippen LogP contribution >= 0.6 is 0 Å². The molecule has 0 radical (unpaired) electrons. The van der Waals surface area contributed by atoms with E-state index < -0.39 is 0 Å². The van der Waals surface area contributed by atoms with Gasteiger partial charge in [0.1, 0.15) is 22.8 Å². The molecule has 1 heterocycles. The molecule has 1 aromatic heterocycles. The van der Waals surface area contributed by atoms with E-state index in [1.807, 2.05) is 24.6 Å². The Hall–Kier alpha value is -1.71. The van der Waals surface area contributed by atoms with E-state index in [0.717, 1.165) is 11.3 Å². The highest BCUT2D eigenvalue weighted by Gasteiger charge is 2.10. The van der Waals surface area contributed by atoms with Crippen molar-refractivity contribution >= 4 is 11.0 Å².